The van der Waals surface area contributed by atoms with Gasteiger partial charge in [0.1, 0.15) is 16.8 Å². The second-order valence-corrected chi connectivity index (χ2v) is 6.98. The van der Waals surface area contributed by atoms with Crippen LogP contribution in [0.15, 0.2) is 36.4 Å². The number of rotatable bonds is 2. The number of nitriles is 1. The van der Waals surface area contributed by atoms with Gasteiger partial charge in [-0.2, -0.15) is 5.26 Å². The van der Waals surface area contributed by atoms with Crippen molar-refractivity contribution in [3.05, 3.63) is 58.1 Å². The van der Waals surface area contributed by atoms with Gasteiger partial charge in [0.05, 0.1) is 11.1 Å². The molecule has 1 amide bonds. The minimum atomic E-state index is -0.268. The number of amides is 1. The number of carbonyl (C=O) groups is 1. The fourth-order valence-electron chi connectivity index (χ4n) is 3.13. The Hall–Kier alpha value is -2.71. The number of para-hydroxylation sites is 1. The molecule has 1 aromatic carbocycles. The summed E-state index contributed by atoms with van der Waals surface area (Å²) in [5.74, 6) is -0.268. The van der Waals surface area contributed by atoms with Crippen molar-refractivity contribution < 1.29 is 4.79 Å². The highest BCUT2D eigenvalue weighted by molar-refractivity contribution is 7.16. The van der Waals surface area contributed by atoms with E-state index in [0.29, 0.717) is 16.3 Å². The lowest BCUT2D eigenvalue weighted by Gasteiger charge is -2.09. The summed E-state index contributed by atoms with van der Waals surface area (Å²) >= 11 is 1.53. The Labute approximate surface area is 143 Å². The molecule has 24 heavy (non-hydrogen) atoms. The van der Waals surface area contributed by atoms with E-state index in [1.54, 1.807) is 6.07 Å². The Balaban J connectivity index is 1.66. The predicted octanol–water partition coefficient (Wildman–Crippen LogP) is 4.30. The molecule has 0 saturated carbocycles. The standard InChI is InChI=1S/C19H15N3OS/c20-11-14-13-6-2-4-8-17(13)24-19(14)22-18(23)16-10-9-12-5-1-3-7-15(12)21-16/h1,3,5,7,9-10H,2,4,6,8H2,(H,22,23). The maximum Gasteiger partial charge on any atom is 0.274 e. The van der Waals surface area contributed by atoms with E-state index in [1.165, 1.54) is 16.2 Å². The third-order valence-corrected chi connectivity index (χ3v) is 5.55. The first-order valence-corrected chi connectivity index (χ1v) is 8.79. The third-order valence-electron chi connectivity index (χ3n) is 4.34. The number of fused-ring (bicyclic) bond motifs is 2. The maximum absolute atomic E-state index is 12.6. The Morgan fingerprint density at radius 1 is 1.17 bits per heavy atom. The average Bonchev–Trinajstić information content (AvgIpc) is 2.98. The van der Waals surface area contributed by atoms with Gasteiger partial charge in [-0.05, 0) is 43.4 Å². The van der Waals surface area contributed by atoms with Gasteiger partial charge in [-0.15, -0.1) is 11.3 Å². The van der Waals surface area contributed by atoms with Gasteiger partial charge in [0, 0.05) is 10.3 Å². The molecule has 0 radical (unpaired) electrons. The Morgan fingerprint density at radius 2 is 2.00 bits per heavy atom. The smallest absolute Gasteiger partial charge is 0.274 e. The maximum atomic E-state index is 12.6. The molecule has 1 aliphatic rings. The molecule has 0 aliphatic heterocycles. The SMILES string of the molecule is N#Cc1c(NC(=O)c2ccc3ccccc3n2)sc2c1CCCC2. The summed E-state index contributed by atoms with van der Waals surface area (Å²) in [5, 5.41) is 14.0. The zero-order valence-corrected chi connectivity index (χ0v) is 13.8. The molecule has 0 saturated heterocycles. The normalized spacial score (nSPS) is 13.3. The van der Waals surface area contributed by atoms with Crippen molar-refractivity contribution in [2.45, 2.75) is 25.7 Å². The van der Waals surface area contributed by atoms with Crippen molar-refractivity contribution >= 4 is 33.1 Å². The second-order valence-electron chi connectivity index (χ2n) is 5.87. The monoisotopic (exact) mass is 333 g/mol. The molecule has 3 aromatic rings. The van der Waals surface area contributed by atoms with Crippen molar-refractivity contribution in [3.8, 4) is 6.07 Å². The van der Waals surface area contributed by atoms with E-state index in [1.807, 2.05) is 30.3 Å². The van der Waals surface area contributed by atoms with E-state index in [4.69, 9.17) is 0 Å². The fraction of sp³-hybridized carbons (Fsp3) is 0.211. The van der Waals surface area contributed by atoms with Gasteiger partial charge >= 0.3 is 0 Å². The summed E-state index contributed by atoms with van der Waals surface area (Å²) in [4.78, 5) is 18.2. The van der Waals surface area contributed by atoms with Crippen molar-refractivity contribution in [1.29, 1.82) is 5.26 Å². The minimum absolute atomic E-state index is 0.268. The first kappa shape index (κ1) is 14.9. The number of hydrogen-bond acceptors (Lipinski definition) is 4. The molecule has 2 aromatic heterocycles. The van der Waals surface area contributed by atoms with Gasteiger partial charge in [-0.25, -0.2) is 4.98 Å². The van der Waals surface area contributed by atoms with E-state index in [9.17, 15) is 10.1 Å². The van der Waals surface area contributed by atoms with Gasteiger partial charge in [0.25, 0.3) is 5.91 Å². The first-order chi connectivity index (χ1) is 11.8. The molecule has 0 bridgehead atoms. The molecule has 0 fully saturated rings. The van der Waals surface area contributed by atoms with Gasteiger partial charge in [-0.3, -0.25) is 4.79 Å². The highest BCUT2D eigenvalue weighted by Gasteiger charge is 2.22. The zero-order valence-electron chi connectivity index (χ0n) is 13.0. The zero-order chi connectivity index (χ0) is 16.5. The highest BCUT2D eigenvalue weighted by atomic mass is 32.1. The van der Waals surface area contributed by atoms with Crippen LogP contribution in [-0.2, 0) is 12.8 Å². The Morgan fingerprint density at radius 3 is 2.88 bits per heavy atom. The number of carbonyl (C=O) groups excluding carboxylic acids is 1. The topological polar surface area (TPSA) is 65.8 Å². The molecule has 4 rings (SSSR count). The number of pyridine rings is 1. The molecule has 2 heterocycles. The van der Waals surface area contributed by atoms with Crippen LogP contribution < -0.4 is 5.32 Å². The average molecular weight is 333 g/mol. The van der Waals surface area contributed by atoms with Crippen LogP contribution in [0.3, 0.4) is 0 Å². The minimum Gasteiger partial charge on any atom is -0.311 e. The molecular weight excluding hydrogens is 318 g/mol. The van der Waals surface area contributed by atoms with Crippen LogP contribution in [0.25, 0.3) is 10.9 Å². The Bertz CT molecular complexity index is 984. The number of anilines is 1. The van der Waals surface area contributed by atoms with Crippen LogP contribution in [0.4, 0.5) is 5.00 Å². The summed E-state index contributed by atoms with van der Waals surface area (Å²) in [6.07, 6.45) is 4.19. The summed E-state index contributed by atoms with van der Waals surface area (Å²) < 4.78 is 0. The molecule has 1 N–H and O–H groups in total. The number of nitrogens with one attached hydrogen (secondary N) is 1. The number of aryl methyl sites for hydroxylation is 1. The van der Waals surface area contributed by atoms with Crippen LogP contribution in [0.1, 0.15) is 39.3 Å². The first-order valence-electron chi connectivity index (χ1n) is 7.98. The van der Waals surface area contributed by atoms with E-state index in [-0.39, 0.29) is 5.91 Å². The molecule has 0 unspecified atom stereocenters. The van der Waals surface area contributed by atoms with Crippen molar-refractivity contribution in [1.82, 2.24) is 4.98 Å². The van der Waals surface area contributed by atoms with E-state index in [0.717, 1.165) is 42.1 Å². The molecule has 4 nitrogen and oxygen atoms in total. The van der Waals surface area contributed by atoms with Gasteiger partial charge < -0.3 is 5.32 Å². The van der Waals surface area contributed by atoms with Crippen LogP contribution in [0.5, 0.6) is 0 Å². The summed E-state index contributed by atoms with van der Waals surface area (Å²) in [7, 11) is 0. The lowest BCUT2D eigenvalue weighted by Crippen LogP contribution is -2.13. The van der Waals surface area contributed by atoms with E-state index >= 15 is 0 Å². The quantitative estimate of drug-likeness (QED) is 0.760. The van der Waals surface area contributed by atoms with Crippen LogP contribution in [0, 0.1) is 11.3 Å². The van der Waals surface area contributed by atoms with Crippen LogP contribution in [0.2, 0.25) is 0 Å². The highest BCUT2D eigenvalue weighted by Crippen LogP contribution is 2.37. The molecule has 5 heteroatoms. The molecular formula is C19H15N3OS. The molecule has 1 aliphatic carbocycles. The number of benzene rings is 1. The van der Waals surface area contributed by atoms with Crippen molar-refractivity contribution in [2.24, 2.45) is 0 Å². The van der Waals surface area contributed by atoms with E-state index in [2.05, 4.69) is 16.4 Å². The molecule has 0 spiro atoms. The second kappa shape index (κ2) is 6.06. The molecule has 0 atom stereocenters. The fourth-order valence-corrected chi connectivity index (χ4v) is 4.37. The van der Waals surface area contributed by atoms with Crippen molar-refractivity contribution in [2.75, 3.05) is 5.32 Å². The molecule has 118 valence electrons. The van der Waals surface area contributed by atoms with Crippen molar-refractivity contribution in [3.63, 3.8) is 0 Å². The number of aromatic nitrogens is 1. The lowest BCUT2D eigenvalue weighted by atomic mass is 9.96. The number of nitrogens with zero attached hydrogens (tertiary/aromatic N) is 2. The van der Waals surface area contributed by atoms with E-state index < -0.39 is 0 Å². The Kier molecular flexibility index (Phi) is 3.75. The third kappa shape index (κ3) is 2.55. The lowest BCUT2D eigenvalue weighted by molar-refractivity contribution is 0.102. The summed E-state index contributed by atoms with van der Waals surface area (Å²) in [6.45, 7) is 0. The summed E-state index contributed by atoms with van der Waals surface area (Å²) in [6, 6.07) is 13.6. The van der Waals surface area contributed by atoms with Gasteiger partial charge in [-0.1, -0.05) is 24.3 Å². The largest absolute Gasteiger partial charge is 0.311 e. The predicted molar refractivity (Wildman–Crippen MR) is 95.4 cm³/mol. The van der Waals surface area contributed by atoms with Gasteiger partial charge in [0.15, 0.2) is 0 Å². The van der Waals surface area contributed by atoms with Gasteiger partial charge in [0.2, 0.25) is 0 Å². The summed E-state index contributed by atoms with van der Waals surface area (Å²) in [5.41, 5.74) is 2.90. The number of hydrogen-bond donors (Lipinski definition) is 1. The van der Waals surface area contributed by atoms with Crippen LogP contribution in [-0.4, -0.2) is 10.9 Å². The van der Waals surface area contributed by atoms with Crippen LogP contribution >= 0.6 is 11.3 Å². The number of thiophene rings is 1.